The number of thiazole rings is 1. The Morgan fingerprint density at radius 3 is 1.96 bits per heavy atom. The number of fused-ring (bicyclic) bond motifs is 8. The van der Waals surface area contributed by atoms with Crippen molar-refractivity contribution in [2.24, 2.45) is 0 Å². The van der Waals surface area contributed by atoms with Crippen LogP contribution in [0.25, 0.3) is 73.6 Å². The lowest BCUT2D eigenvalue weighted by atomic mass is 9.98. The summed E-state index contributed by atoms with van der Waals surface area (Å²) in [5.74, 6) is 0. The van der Waals surface area contributed by atoms with E-state index in [-0.39, 0.29) is 0 Å². The molecule has 2 aromatic heterocycles. The van der Waals surface area contributed by atoms with Gasteiger partial charge in [-0.1, -0.05) is 127 Å². The molecule has 0 saturated carbocycles. The number of anilines is 3. The third kappa shape index (κ3) is 4.72. The normalized spacial score (nSPS) is 11.7. The summed E-state index contributed by atoms with van der Waals surface area (Å²) in [5.41, 5.74) is 8.04. The van der Waals surface area contributed by atoms with E-state index in [1.54, 1.807) is 11.3 Å². The molecule has 0 saturated heterocycles. The molecule has 2 heterocycles. The number of hydrogen-bond acceptors (Lipinski definition) is 4. The molecule has 0 bridgehead atoms. The van der Waals surface area contributed by atoms with Gasteiger partial charge in [-0.2, -0.15) is 0 Å². The summed E-state index contributed by atoms with van der Waals surface area (Å²) in [4.78, 5) is 7.49. The van der Waals surface area contributed by atoms with E-state index < -0.39 is 0 Å². The maximum atomic E-state index is 5.05. The van der Waals surface area contributed by atoms with E-state index in [0.29, 0.717) is 0 Å². The molecule has 0 fully saturated rings. The molecule has 2 nitrogen and oxygen atoms in total. The zero-order chi connectivity index (χ0) is 32.3. The summed E-state index contributed by atoms with van der Waals surface area (Å²) >= 11 is 3.65. The van der Waals surface area contributed by atoms with Gasteiger partial charge in [0.15, 0.2) is 0 Å². The van der Waals surface area contributed by atoms with E-state index in [1.165, 1.54) is 57.5 Å². The minimum absolute atomic E-state index is 1.06. The molecule has 0 unspecified atom stereocenters. The van der Waals surface area contributed by atoms with Crippen LogP contribution < -0.4 is 4.90 Å². The first-order valence-electron chi connectivity index (χ1n) is 16.5. The minimum Gasteiger partial charge on any atom is -0.310 e. The highest BCUT2D eigenvalue weighted by Gasteiger charge is 2.20. The zero-order valence-corrected chi connectivity index (χ0v) is 28.0. The van der Waals surface area contributed by atoms with Gasteiger partial charge in [0.05, 0.1) is 15.9 Å². The van der Waals surface area contributed by atoms with Gasteiger partial charge in [0.25, 0.3) is 0 Å². The van der Waals surface area contributed by atoms with Gasteiger partial charge < -0.3 is 4.90 Å². The Labute approximate surface area is 291 Å². The van der Waals surface area contributed by atoms with Crippen molar-refractivity contribution < 1.29 is 0 Å². The van der Waals surface area contributed by atoms with Crippen molar-refractivity contribution >= 4 is 91.7 Å². The van der Waals surface area contributed by atoms with Gasteiger partial charge >= 0.3 is 0 Å². The average molecular weight is 661 g/mol. The van der Waals surface area contributed by atoms with Crippen LogP contribution in [-0.2, 0) is 0 Å². The Bertz CT molecular complexity index is 2830. The number of hydrogen-bond donors (Lipinski definition) is 0. The summed E-state index contributed by atoms with van der Waals surface area (Å²) in [7, 11) is 0. The first-order chi connectivity index (χ1) is 24.3. The van der Waals surface area contributed by atoms with Crippen LogP contribution in [0.5, 0.6) is 0 Å². The number of rotatable bonds is 5. The van der Waals surface area contributed by atoms with Crippen LogP contribution in [0.15, 0.2) is 170 Å². The maximum Gasteiger partial charge on any atom is 0.124 e. The van der Waals surface area contributed by atoms with E-state index in [1.807, 2.05) is 11.3 Å². The molecule has 0 aliphatic heterocycles. The third-order valence-electron chi connectivity index (χ3n) is 9.45. The fraction of sp³-hybridized carbons (Fsp3) is 0. The van der Waals surface area contributed by atoms with Gasteiger partial charge in [-0.25, -0.2) is 4.98 Å². The first kappa shape index (κ1) is 28.2. The van der Waals surface area contributed by atoms with E-state index in [4.69, 9.17) is 4.98 Å². The average Bonchev–Trinajstić information content (AvgIpc) is 3.77. The van der Waals surface area contributed by atoms with Crippen LogP contribution >= 0.6 is 22.7 Å². The van der Waals surface area contributed by atoms with Crippen LogP contribution in [0.4, 0.5) is 17.1 Å². The molecule has 10 rings (SSSR count). The molecule has 0 aliphatic rings. The van der Waals surface area contributed by atoms with Crippen LogP contribution in [-0.4, -0.2) is 4.98 Å². The summed E-state index contributed by atoms with van der Waals surface area (Å²) < 4.78 is 3.81. The highest BCUT2D eigenvalue weighted by Crippen LogP contribution is 2.47. The lowest BCUT2D eigenvalue weighted by molar-refractivity contribution is 1.31. The Hall–Kier alpha value is -5.81. The van der Waals surface area contributed by atoms with E-state index in [9.17, 15) is 0 Å². The Kier molecular flexibility index (Phi) is 6.57. The second kappa shape index (κ2) is 11.4. The summed E-state index contributed by atoms with van der Waals surface area (Å²) in [6.45, 7) is 0. The van der Waals surface area contributed by atoms with Crippen molar-refractivity contribution in [3.05, 3.63) is 170 Å². The van der Waals surface area contributed by atoms with Gasteiger partial charge in [-0.05, 0) is 69.8 Å². The van der Waals surface area contributed by atoms with Gasteiger partial charge in [-0.3, -0.25) is 0 Å². The number of nitrogens with zero attached hydrogens (tertiary/aromatic N) is 2. The highest BCUT2D eigenvalue weighted by molar-refractivity contribution is 7.28. The molecule has 230 valence electrons. The van der Waals surface area contributed by atoms with Crippen LogP contribution in [0, 0.1) is 0 Å². The molecule has 0 spiro atoms. The Morgan fingerprint density at radius 1 is 0.429 bits per heavy atom. The van der Waals surface area contributed by atoms with Crippen molar-refractivity contribution in [2.45, 2.75) is 0 Å². The fourth-order valence-electron chi connectivity index (χ4n) is 7.18. The number of benzene rings is 8. The molecule has 8 aromatic carbocycles. The minimum atomic E-state index is 1.06. The molecule has 0 amide bonds. The topological polar surface area (TPSA) is 16.1 Å². The van der Waals surface area contributed by atoms with Crippen LogP contribution in [0.1, 0.15) is 0 Å². The molecular formula is C45H28N2S2. The molecule has 0 atom stereocenters. The molecule has 4 heteroatoms. The van der Waals surface area contributed by atoms with E-state index in [0.717, 1.165) is 33.1 Å². The summed E-state index contributed by atoms with van der Waals surface area (Å²) in [6, 6.07) is 61.4. The summed E-state index contributed by atoms with van der Waals surface area (Å²) in [5, 5.41) is 8.61. The second-order valence-electron chi connectivity index (χ2n) is 12.4. The lowest BCUT2D eigenvalue weighted by Crippen LogP contribution is -2.10. The van der Waals surface area contributed by atoms with Crippen molar-refractivity contribution in [2.75, 3.05) is 4.90 Å². The van der Waals surface area contributed by atoms with Crippen molar-refractivity contribution in [1.82, 2.24) is 4.98 Å². The SMILES string of the molecule is c1ccc(-c2cccc(N(c3ccc4c(c3)sc3ccc5nc(-c6ccccc6)sc5c34)c3cc4ccccc4c4ccccc34)c2)cc1. The number of thiophene rings is 1. The highest BCUT2D eigenvalue weighted by atomic mass is 32.1. The lowest BCUT2D eigenvalue weighted by Gasteiger charge is -2.28. The quantitative estimate of drug-likeness (QED) is 0.171. The predicted octanol–water partition coefficient (Wildman–Crippen LogP) is 13.8. The third-order valence-corrected chi connectivity index (χ3v) is 11.7. The summed E-state index contributed by atoms with van der Waals surface area (Å²) in [6.07, 6.45) is 0. The molecule has 10 aromatic rings. The Morgan fingerprint density at radius 2 is 1.12 bits per heavy atom. The fourth-order valence-corrected chi connectivity index (χ4v) is 9.52. The molecule has 0 N–H and O–H groups in total. The smallest absolute Gasteiger partial charge is 0.124 e. The predicted molar refractivity (Wildman–Crippen MR) is 213 cm³/mol. The van der Waals surface area contributed by atoms with Crippen molar-refractivity contribution in [1.29, 1.82) is 0 Å². The second-order valence-corrected chi connectivity index (χ2v) is 14.5. The number of aromatic nitrogens is 1. The Balaban J connectivity index is 1.21. The van der Waals surface area contributed by atoms with E-state index >= 15 is 0 Å². The monoisotopic (exact) mass is 660 g/mol. The van der Waals surface area contributed by atoms with E-state index in [2.05, 4.69) is 175 Å². The first-order valence-corrected chi connectivity index (χ1v) is 18.1. The van der Waals surface area contributed by atoms with Crippen LogP contribution in [0.2, 0.25) is 0 Å². The molecular weight excluding hydrogens is 633 g/mol. The standard InChI is InChI=1S/C45H28N2S2/c1-3-12-29(13-4-1)31-17-11-18-33(26-31)47(40-27-32-16-7-8-19-35(32)36-20-9-10-21-37(36)40)34-22-23-38-42(28-34)48-41-25-24-39-44(43(38)41)49-45(46-39)30-14-5-2-6-15-30/h1-28H. The maximum absolute atomic E-state index is 5.05. The van der Waals surface area contributed by atoms with Crippen molar-refractivity contribution in [3.8, 4) is 21.7 Å². The van der Waals surface area contributed by atoms with Gasteiger partial charge in [0.1, 0.15) is 5.01 Å². The van der Waals surface area contributed by atoms with Crippen molar-refractivity contribution in [3.63, 3.8) is 0 Å². The van der Waals surface area contributed by atoms with Gasteiger partial charge in [0.2, 0.25) is 0 Å². The van der Waals surface area contributed by atoms with Gasteiger partial charge in [-0.15, -0.1) is 22.7 Å². The molecule has 49 heavy (non-hydrogen) atoms. The van der Waals surface area contributed by atoms with Gasteiger partial charge in [0, 0.05) is 42.5 Å². The zero-order valence-electron chi connectivity index (χ0n) is 26.4. The largest absolute Gasteiger partial charge is 0.310 e. The molecule has 0 aliphatic carbocycles. The van der Waals surface area contributed by atoms with Crippen LogP contribution in [0.3, 0.4) is 0 Å². The molecule has 0 radical (unpaired) electrons.